The van der Waals surface area contributed by atoms with Gasteiger partial charge in [-0.15, -0.1) is 0 Å². The Balaban J connectivity index is 1.91. The number of hydrogen-bond acceptors (Lipinski definition) is 4. The van der Waals surface area contributed by atoms with E-state index in [2.05, 4.69) is 15.3 Å². The van der Waals surface area contributed by atoms with Crippen molar-refractivity contribution in [3.63, 3.8) is 0 Å². The molecule has 1 aromatic heterocycles. The third-order valence-electron chi connectivity index (χ3n) is 3.69. The Morgan fingerprint density at radius 2 is 2.08 bits per heavy atom. The molecule has 7 heteroatoms. The first-order valence-corrected chi connectivity index (χ1v) is 8.01. The SMILES string of the molecule is CCCC(NC(=O)CCCc1nc2ccccc2c(=O)[nH]1)C(=O)O. The van der Waals surface area contributed by atoms with Crippen molar-refractivity contribution in [3.05, 3.63) is 40.4 Å². The molecule has 0 aliphatic heterocycles. The van der Waals surface area contributed by atoms with Gasteiger partial charge in [-0.2, -0.15) is 0 Å². The summed E-state index contributed by atoms with van der Waals surface area (Å²) in [5.41, 5.74) is 0.420. The van der Waals surface area contributed by atoms with Gasteiger partial charge in [0.1, 0.15) is 11.9 Å². The van der Waals surface area contributed by atoms with Gasteiger partial charge in [-0.3, -0.25) is 9.59 Å². The van der Waals surface area contributed by atoms with Crippen LogP contribution in [-0.4, -0.2) is 33.0 Å². The van der Waals surface area contributed by atoms with Gasteiger partial charge in [0.2, 0.25) is 5.91 Å². The number of hydrogen-bond donors (Lipinski definition) is 3. The lowest BCUT2D eigenvalue weighted by atomic mass is 10.1. The van der Waals surface area contributed by atoms with Crippen molar-refractivity contribution in [2.24, 2.45) is 0 Å². The molecular formula is C17H21N3O4. The van der Waals surface area contributed by atoms with Crippen LogP contribution in [-0.2, 0) is 16.0 Å². The number of carboxylic acid groups (broad SMARTS) is 1. The van der Waals surface area contributed by atoms with Gasteiger partial charge in [0.25, 0.3) is 5.56 Å². The number of aromatic amines is 1. The third-order valence-corrected chi connectivity index (χ3v) is 3.69. The van der Waals surface area contributed by atoms with E-state index in [-0.39, 0.29) is 17.9 Å². The second kappa shape index (κ2) is 8.24. The van der Waals surface area contributed by atoms with Crippen LogP contribution in [0.4, 0.5) is 0 Å². The fourth-order valence-corrected chi connectivity index (χ4v) is 2.48. The summed E-state index contributed by atoms with van der Waals surface area (Å²) in [6, 6.07) is 6.21. The Hall–Kier alpha value is -2.70. The van der Waals surface area contributed by atoms with Crippen LogP contribution in [0, 0.1) is 0 Å². The first kappa shape index (κ1) is 17.7. The van der Waals surface area contributed by atoms with Gasteiger partial charge in [-0.05, 0) is 25.0 Å². The fraction of sp³-hybridized carbons (Fsp3) is 0.412. The van der Waals surface area contributed by atoms with E-state index in [1.165, 1.54) is 0 Å². The van der Waals surface area contributed by atoms with Gasteiger partial charge < -0.3 is 15.4 Å². The van der Waals surface area contributed by atoms with Crippen molar-refractivity contribution < 1.29 is 14.7 Å². The first-order chi connectivity index (χ1) is 11.5. The van der Waals surface area contributed by atoms with E-state index < -0.39 is 12.0 Å². The number of carbonyl (C=O) groups excluding carboxylic acids is 1. The van der Waals surface area contributed by atoms with E-state index in [4.69, 9.17) is 5.11 Å². The predicted octanol–water partition coefficient (Wildman–Crippen LogP) is 1.62. The van der Waals surface area contributed by atoms with E-state index in [0.717, 1.165) is 0 Å². The number of carbonyl (C=O) groups is 2. The number of carboxylic acids is 1. The molecule has 1 heterocycles. The molecule has 3 N–H and O–H groups in total. The lowest BCUT2D eigenvalue weighted by molar-refractivity contribution is -0.142. The summed E-state index contributed by atoms with van der Waals surface area (Å²) in [5.74, 6) is -0.806. The average molecular weight is 331 g/mol. The van der Waals surface area contributed by atoms with Crippen LogP contribution >= 0.6 is 0 Å². The second-order valence-electron chi connectivity index (χ2n) is 5.63. The normalized spacial score (nSPS) is 12.0. The number of rotatable bonds is 8. The highest BCUT2D eigenvalue weighted by Gasteiger charge is 2.18. The number of H-pyrrole nitrogens is 1. The second-order valence-corrected chi connectivity index (χ2v) is 5.63. The van der Waals surface area contributed by atoms with E-state index in [1.807, 2.05) is 13.0 Å². The highest BCUT2D eigenvalue weighted by atomic mass is 16.4. The molecule has 1 amide bonds. The van der Waals surface area contributed by atoms with Gasteiger partial charge in [0.15, 0.2) is 0 Å². The van der Waals surface area contributed by atoms with Crippen LogP contribution in [0.2, 0.25) is 0 Å². The van der Waals surface area contributed by atoms with Gasteiger partial charge in [-0.25, -0.2) is 9.78 Å². The van der Waals surface area contributed by atoms with Gasteiger partial charge >= 0.3 is 5.97 Å². The Kier molecular flexibility index (Phi) is 6.06. The summed E-state index contributed by atoms with van der Waals surface area (Å²) in [4.78, 5) is 41.9. The molecule has 0 aliphatic rings. The minimum Gasteiger partial charge on any atom is -0.480 e. The molecule has 2 aromatic rings. The van der Waals surface area contributed by atoms with E-state index >= 15 is 0 Å². The smallest absolute Gasteiger partial charge is 0.326 e. The van der Waals surface area contributed by atoms with Crippen LogP contribution in [0.5, 0.6) is 0 Å². The average Bonchev–Trinajstić information content (AvgIpc) is 2.54. The molecule has 0 saturated carbocycles. The van der Waals surface area contributed by atoms with Crippen molar-refractivity contribution in [1.82, 2.24) is 15.3 Å². The number of nitrogens with one attached hydrogen (secondary N) is 2. The predicted molar refractivity (Wildman–Crippen MR) is 89.8 cm³/mol. The standard InChI is InChI=1S/C17H21N3O4/c1-2-6-13(17(23)24)19-15(21)10-5-9-14-18-12-8-4-3-7-11(12)16(22)20-14/h3-4,7-8,13H,2,5-6,9-10H2,1H3,(H,19,21)(H,23,24)(H,18,20,22). The molecule has 0 spiro atoms. The lowest BCUT2D eigenvalue weighted by Gasteiger charge is -2.13. The Morgan fingerprint density at radius 1 is 1.33 bits per heavy atom. The minimum atomic E-state index is -1.02. The van der Waals surface area contributed by atoms with Crippen LogP contribution in [0.1, 0.15) is 38.4 Å². The van der Waals surface area contributed by atoms with Crippen LogP contribution in [0.15, 0.2) is 29.1 Å². The molecule has 7 nitrogen and oxygen atoms in total. The Bertz CT molecular complexity index is 785. The summed E-state index contributed by atoms with van der Waals surface area (Å²) < 4.78 is 0. The molecule has 0 fully saturated rings. The van der Waals surface area contributed by atoms with Crippen molar-refractivity contribution in [1.29, 1.82) is 0 Å². The van der Waals surface area contributed by atoms with Crippen molar-refractivity contribution in [2.75, 3.05) is 0 Å². The number of nitrogens with zero attached hydrogens (tertiary/aromatic N) is 1. The van der Waals surface area contributed by atoms with E-state index in [9.17, 15) is 14.4 Å². The molecule has 128 valence electrons. The Labute approximate surface area is 139 Å². The molecule has 0 aliphatic carbocycles. The van der Waals surface area contributed by atoms with Gasteiger partial charge in [0, 0.05) is 12.8 Å². The maximum absolute atomic E-state index is 11.9. The molecule has 0 radical (unpaired) electrons. The zero-order valence-corrected chi connectivity index (χ0v) is 13.5. The van der Waals surface area contributed by atoms with E-state index in [0.29, 0.717) is 42.4 Å². The number of aromatic nitrogens is 2. The number of fused-ring (bicyclic) bond motifs is 1. The number of aliphatic carboxylic acids is 1. The van der Waals surface area contributed by atoms with Gasteiger partial charge in [-0.1, -0.05) is 25.5 Å². The Morgan fingerprint density at radius 3 is 2.79 bits per heavy atom. The van der Waals surface area contributed by atoms with Crippen LogP contribution in [0.25, 0.3) is 10.9 Å². The summed E-state index contributed by atoms with van der Waals surface area (Å²) in [6.07, 6.45) is 2.19. The van der Waals surface area contributed by atoms with E-state index in [1.54, 1.807) is 18.2 Å². The first-order valence-electron chi connectivity index (χ1n) is 8.01. The minimum absolute atomic E-state index is 0.185. The molecule has 1 atom stereocenters. The number of benzene rings is 1. The number of para-hydroxylation sites is 1. The highest BCUT2D eigenvalue weighted by Crippen LogP contribution is 2.07. The van der Waals surface area contributed by atoms with Crippen LogP contribution < -0.4 is 10.9 Å². The zero-order valence-electron chi connectivity index (χ0n) is 13.5. The lowest BCUT2D eigenvalue weighted by Crippen LogP contribution is -2.40. The number of amides is 1. The summed E-state index contributed by atoms with van der Waals surface area (Å²) in [5, 5.41) is 12.1. The topological polar surface area (TPSA) is 112 Å². The van der Waals surface area contributed by atoms with Crippen molar-refractivity contribution in [3.8, 4) is 0 Å². The van der Waals surface area contributed by atoms with Crippen LogP contribution in [0.3, 0.4) is 0 Å². The highest BCUT2D eigenvalue weighted by molar-refractivity contribution is 5.83. The molecule has 2 rings (SSSR count). The molecule has 0 bridgehead atoms. The van der Waals surface area contributed by atoms with Crippen molar-refractivity contribution >= 4 is 22.8 Å². The summed E-state index contributed by atoms with van der Waals surface area (Å²) in [6.45, 7) is 1.86. The van der Waals surface area contributed by atoms with Crippen molar-refractivity contribution in [2.45, 2.75) is 45.1 Å². The molecular weight excluding hydrogens is 310 g/mol. The monoisotopic (exact) mass is 331 g/mol. The number of aryl methyl sites for hydroxylation is 1. The summed E-state index contributed by atoms with van der Waals surface area (Å²) in [7, 11) is 0. The molecule has 1 aromatic carbocycles. The molecule has 24 heavy (non-hydrogen) atoms. The maximum atomic E-state index is 11.9. The summed E-state index contributed by atoms with van der Waals surface area (Å²) >= 11 is 0. The third kappa shape index (κ3) is 4.65. The fourth-order valence-electron chi connectivity index (χ4n) is 2.48. The quantitative estimate of drug-likeness (QED) is 0.680. The molecule has 0 saturated heterocycles. The van der Waals surface area contributed by atoms with Gasteiger partial charge in [0.05, 0.1) is 10.9 Å². The largest absolute Gasteiger partial charge is 0.480 e. The zero-order chi connectivity index (χ0) is 17.5. The molecule has 1 unspecified atom stereocenters. The maximum Gasteiger partial charge on any atom is 0.326 e.